The van der Waals surface area contributed by atoms with Crippen LogP contribution in [-0.2, 0) is 4.74 Å². The van der Waals surface area contributed by atoms with Crippen LogP contribution >= 0.6 is 0 Å². The van der Waals surface area contributed by atoms with Crippen LogP contribution < -0.4 is 10.6 Å². The number of aromatic nitrogens is 4. The number of anilines is 2. The van der Waals surface area contributed by atoms with Crippen molar-refractivity contribution < 1.29 is 4.74 Å². The zero-order valence-corrected chi connectivity index (χ0v) is 16.2. The number of rotatable bonds is 3. The Hall–Kier alpha value is -3.45. The number of nitrogens with two attached hydrogens (primary N) is 1. The Labute approximate surface area is 168 Å². The number of nitrogens with one attached hydrogen (secondary N) is 1. The van der Waals surface area contributed by atoms with Crippen molar-refractivity contribution in [2.75, 3.05) is 30.4 Å². The van der Waals surface area contributed by atoms with Gasteiger partial charge in [-0.1, -0.05) is 18.2 Å². The maximum absolute atomic E-state index is 6.35. The van der Waals surface area contributed by atoms with E-state index < -0.39 is 0 Å². The molecule has 1 aliphatic rings. The monoisotopic (exact) mass is 386 g/mol. The van der Waals surface area contributed by atoms with Gasteiger partial charge in [-0.05, 0) is 36.8 Å². The van der Waals surface area contributed by atoms with Crippen LogP contribution in [0.3, 0.4) is 0 Å². The van der Waals surface area contributed by atoms with E-state index in [1.807, 2.05) is 36.4 Å². The van der Waals surface area contributed by atoms with Crippen LogP contribution in [0.25, 0.3) is 33.4 Å². The van der Waals surface area contributed by atoms with Gasteiger partial charge in [0.05, 0.1) is 24.9 Å². The first-order chi connectivity index (χ1) is 14.2. The summed E-state index contributed by atoms with van der Waals surface area (Å²) in [6.07, 6.45) is 3.53. The minimum absolute atomic E-state index is 0.238. The van der Waals surface area contributed by atoms with Crippen LogP contribution in [-0.4, -0.2) is 46.0 Å². The van der Waals surface area contributed by atoms with Gasteiger partial charge in [0.15, 0.2) is 0 Å². The van der Waals surface area contributed by atoms with Crippen molar-refractivity contribution in [3.63, 3.8) is 0 Å². The van der Waals surface area contributed by atoms with Crippen LogP contribution in [0, 0.1) is 0 Å². The highest BCUT2D eigenvalue weighted by atomic mass is 16.5. The normalized spacial score (nSPS) is 17.0. The van der Waals surface area contributed by atoms with Gasteiger partial charge in [0.25, 0.3) is 0 Å². The predicted octanol–water partition coefficient (Wildman–Crippen LogP) is 3.49. The lowest BCUT2D eigenvalue weighted by Crippen LogP contribution is -2.44. The molecule has 146 valence electrons. The fourth-order valence-electron chi connectivity index (χ4n) is 3.90. The average molecular weight is 386 g/mol. The van der Waals surface area contributed by atoms with E-state index in [1.54, 1.807) is 12.4 Å². The van der Waals surface area contributed by atoms with E-state index in [4.69, 9.17) is 15.5 Å². The second-order valence-corrected chi connectivity index (χ2v) is 7.26. The Kier molecular flexibility index (Phi) is 4.37. The number of morpholine rings is 1. The van der Waals surface area contributed by atoms with E-state index in [0.29, 0.717) is 13.2 Å². The molecule has 0 spiro atoms. The van der Waals surface area contributed by atoms with Gasteiger partial charge in [-0.25, -0.2) is 4.98 Å². The molecule has 1 fully saturated rings. The number of H-pyrrole nitrogens is 1. The highest BCUT2D eigenvalue weighted by molar-refractivity contribution is 6.03. The Morgan fingerprint density at radius 2 is 2.03 bits per heavy atom. The van der Waals surface area contributed by atoms with Crippen LogP contribution in [0.15, 0.2) is 54.9 Å². The minimum Gasteiger partial charge on any atom is -0.398 e. The molecule has 3 N–H and O–H groups in total. The highest BCUT2D eigenvalue weighted by Crippen LogP contribution is 2.37. The number of ether oxygens (including phenoxy) is 1. The smallest absolute Gasteiger partial charge is 0.130 e. The van der Waals surface area contributed by atoms with Gasteiger partial charge in [-0.3, -0.25) is 10.1 Å². The average Bonchev–Trinajstić information content (AvgIpc) is 3.28. The van der Waals surface area contributed by atoms with Gasteiger partial charge in [0.1, 0.15) is 17.0 Å². The molecular formula is C22H22N6O. The number of nitrogen functional groups attached to an aromatic ring is 1. The number of nitrogens with zero attached hydrogens (tertiary/aromatic N) is 4. The molecule has 7 nitrogen and oxygen atoms in total. The molecule has 1 aliphatic heterocycles. The highest BCUT2D eigenvalue weighted by Gasteiger charge is 2.23. The third-order valence-electron chi connectivity index (χ3n) is 5.38. The summed E-state index contributed by atoms with van der Waals surface area (Å²) < 4.78 is 5.62. The third-order valence-corrected chi connectivity index (χ3v) is 5.38. The number of hydrogen-bond acceptors (Lipinski definition) is 6. The van der Waals surface area contributed by atoms with E-state index in [2.05, 4.69) is 33.1 Å². The third kappa shape index (κ3) is 3.09. The molecule has 1 aromatic carbocycles. The number of pyridine rings is 2. The maximum Gasteiger partial charge on any atom is 0.130 e. The van der Waals surface area contributed by atoms with Crippen molar-refractivity contribution in [2.45, 2.75) is 13.0 Å². The number of aromatic amines is 1. The first-order valence-electron chi connectivity index (χ1n) is 9.71. The maximum atomic E-state index is 6.35. The van der Waals surface area contributed by atoms with Gasteiger partial charge in [0.2, 0.25) is 0 Å². The van der Waals surface area contributed by atoms with E-state index in [-0.39, 0.29) is 6.04 Å². The van der Waals surface area contributed by atoms with E-state index >= 15 is 0 Å². The van der Waals surface area contributed by atoms with Gasteiger partial charge < -0.3 is 15.4 Å². The lowest BCUT2D eigenvalue weighted by atomic mass is 9.98. The van der Waals surface area contributed by atoms with Crippen molar-refractivity contribution in [1.82, 2.24) is 20.2 Å². The van der Waals surface area contributed by atoms with Crippen LogP contribution in [0.2, 0.25) is 0 Å². The topological polar surface area (TPSA) is 93.0 Å². The molecule has 1 unspecified atom stereocenters. The number of fused-ring (bicyclic) bond motifs is 1. The zero-order valence-electron chi connectivity index (χ0n) is 16.2. The van der Waals surface area contributed by atoms with Crippen molar-refractivity contribution >= 4 is 22.4 Å². The summed E-state index contributed by atoms with van der Waals surface area (Å²) in [5.41, 5.74) is 11.6. The van der Waals surface area contributed by atoms with Crippen LogP contribution in [0.5, 0.6) is 0 Å². The van der Waals surface area contributed by atoms with Gasteiger partial charge in [-0.2, -0.15) is 5.10 Å². The molecule has 4 heterocycles. The summed E-state index contributed by atoms with van der Waals surface area (Å²) in [7, 11) is 0. The summed E-state index contributed by atoms with van der Waals surface area (Å²) in [5.74, 6) is 0.903. The molecule has 7 heteroatoms. The minimum atomic E-state index is 0.238. The Balaban J connectivity index is 1.80. The van der Waals surface area contributed by atoms with Crippen molar-refractivity contribution in [2.24, 2.45) is 0 Å². The molecule has 3 aromatic heterocycles. The van der Waals surface area contributed by atoms with E-state index in [9.17, 15) is 0 Å². The van der Waals surface area contributed by atoms with Crippen molar-refractivity contribution in [3.8, 4) is 22.5 Å². The van der Waals surface area contributed by atoms with Gasteiger partial charge in [0, 0.05) is 35.6 Å². The van der Waals surface area contributed by atoms with E-state index in [1.165, 1.54) is 0 Å². The first kappa shape index (κ1) is 17.6. The largest absolute Gasteiger partial charge is 0.398 e. The molecule has 0 aliphatic carbocycles. The summed E-state index contributed by atoms with van der Waals surface area (Å²) in [4.78, 5) is 11.9. The molecular weight excluding hydrogens is 364 g/mol. The fraction of sp³-hybridized carbons (Fsp3) is 0.227. The van der Waals surface area contributed by atoms with Gasteiger partial charge in [-0.15, -0.1) is 0 Å². The Morgan fingerprint density at radius 1 is 1.14 bits per heavy atom. The number of benzene rings is 1. The molecule has 4 aromatic rings. The first-order valence-corrected chi connectivity index (χ1v) is 9.71. The Bertz CT molecular complexity index is 1160. The van der Waals surface area contributed by atoms with Crippen molar-refractivity contribution in [1.29, 1.82) is 0 Å². The summed E-state index contributed by atoms with van der Waals surface area (Å²) in [6.45, 7) is 4.32. The van der Waals surface area contributed by atoms with Gasteiger partial charge >= 0.3 is 0 Å². The molecule has 1 atom stereocenters. The Morgan fingerprint density at radius 3 is 2.83 bits per heavy atom. The molecule has 0 radical (unpaired) electrons. The van der Waals surface area contributed by atoms with Crippen molar-refractivity contribution in [3.05, 3.63) is 54.9 Å². The quantitative estimate of drug-likeness (QED) is 0.524. The van der Waals surface area contributed by atoms with Crippen LogP contribution in [0.1, 0.15) is 6.92 Å². The molecule has 0 saturated carbocycles. The standard InChI is InChI=1S/C22H22N6O/c1-14-13-29-11-10-28(14)20-12-17(15-4-2-3-5-18(15)23)16-6-8-24-22(21(16)26-20)19-7-9-25-27-19/h2-9,12,14H,10-11,13,23H2,1H3,(H,25,27). The molecule has 1 saturated heterocycles. The molecule has 29 heavy (non-hydrogen) atoms. The summed E-state index contributed by atoms with van der Waals surface area (Å²) in [6, 6.07) is 14.2. The second kappa shape index (κ2) is 7.18. The van der Waals surface area contributed by atoms with Crippen LogP contribution in [0.4, 0.5) is 11.5 Å². The SMILES string of the molecule is CC1COCCN1c1cc(-c2ccccc2N)c2ccnc(-c3ccn[nH]3)c2n1. The fourth-order valence-corrected chi connectivity index (χ4v) is 3.90. The number of para-hydroxylation sites is 1. The summed E-state index contributed by atoms with van der Waals surface area (Å²) in [5, 5.41) is 8.10. The zero-order chi connectivity index (χ0) is 19.8. The molecule has 5 rings (SSSR count). The van der Waals surface area contributed by atoms with E-state index in [0.717, 1.165) is 51.5 Å². The number of hydrogen-bond donors (Lipinski definition) is 2. The molecule has 0 amide bonds. The summed E-state index contributed by atoms with van der Waals surface area (Å²) >= 11 is 0. The lowest BCUT2D eigenvalue weighted by Gasteiger charge is -2.34. The second-order valence-electron chi connectivity index (χ2n) is 7.26. The predicted molar refractivity (Wildman–Crippen MR) is 115 cm³/mol. The molecule has 0 bridgehead atoms. The lowest BCUT2D eigenvalue weighted by molar-refractivity contribution is 0.0986.